The van der Waals surface area contributed by atoms with Gasteiger partial charge in [0.15, 0.2) is 5.82 Å². The molecule has 0 spiro atoms. The van der Waals surface area contributed by atoms with Crippen molar-refractivity contribution in [3.8, 4) is 0 Å². The van der Waals surface area contributed by atoms with E-state index in [0.717, 1.165) is 0 Å². The highest BCUT2D eigenvalue weighted by Crippen LogP contribution is 2.22. The van der Waals surface area contributed by atoms with Gasteiger partial charge in [-0.15, -0.1) is 0 Å². The van der Waals surface area contributed by atoms with Gasteiger partial charge in [0.05, 0.1) is 31.1 Å². The van der Waals surface area contributed by atoms with Crippen molar-refractivity contribution < 1.29 is 18.8 Å². The summed E-state index contributed by atoms with van der Waals surface area (Å²) in [6.45, 7) is 6.44. The average Bonchev–Trinajstić information content (AvgIpc) is 2.98. The maximum absolute atomic E-state index is 12.8. The van der Waals surface area contributed by atoms with Gasteiger partial charge < -0.3 is 19.5 Å². The summed E-state index contributed by atoms with van der Waals surface area (Å²) in [5.41, 5.74) is 1.75. The van der Waals surface area contributed by atoms with Crippen LogP contribution in [0.4, 0.5) is 0 Å². The summed E-state index contributed by atoms with van der Waals surface area (Å²) in [7, 11) is 0. The van der Waals surface area contributed by atoms with Gasteiger partial charge in [0.2, 0.25) is 5.91 Å². The van der Waals surface area contributed by atoms with Crippen molar-refractivity contribution >= 4 is 11.8 Å². The van der Waals surface area contributed by atoms with Gasteiger partial charge in [-0.1, -0.05) is 5.16 Å². The van der Waals surface area contributed by atoms with E-state index in [1.165, 1.54) is 6.92 Å². The number of aromatic nitrogens is 3. The molecule has 2 amide bonds. The van der Waals surface area contributed by atoms with Crippen LogP contribution in [0.15, 0.2) is 16.8 Å². The van der Waals surface area contributed by atoms with Crippen molar-refractivity contribution in [2.24, 2.45) is 0 Å². The number of nitrogens with one attached hydrogen (secondary N) is 1. The Morgan fingerprint density at radius 2 is 2.19 bits per heavy atom. The number of carbonyl (C=O) groups is 2. The quantitative estimate of drug-likeness (QED) is 0.864. The highest BCUT2D eigenvalue weighted by atomic mass is 16.5. The van der Waals surface area contributed by atoms with Crippen molar-refractivity contribution in [3.05, 3.63) is 40.8 Å². The molecule has 1 saturated heterocycles. The van der Waals surface area contributed by atoms with E-state index in [1.807, 2.05) is 0 Å². The molecule has 2 aromatic heterocycles. The summed E-state index contributed by atoms with van der Waals surface area (Å²) < 4.78 is 10.9. The van der Waals surface area contributed by atoms with Crippen molar-refractivity contribution in [1.82, 2.24) is 25.3 Å². The Kier molecular flexibility index (Phi) is 5.27. The molecule has 0 aromatic carbocycles. The van der Waals surface area contributed by atoms with E-state index in [4.69, 9.17) is 9.26 Å². The Balaban J connectivity index is 1.73. The maximum Gasteiger partial charge on any atom is 0.259 e. The lowest BCUT2D eigenvalue weighted by molar-refractivity contribution is -0.119. The summed E-state index contributed by atoms with van der Waals surface area (Å²) in [6, 6.07) is 1.73. The zero-order valence-corrected chi connectivity index (χ0v) is 15.0. The lowest BCUT2D eigenvalue weighted by atomic mass is 10.1. The Morgan fingerprint density at radius 1 is 1.38 bits per heavy atom. The van der Waals surface area contributed by atoms with Crippen LogP contribution in [0.3, 0.4) is 0 Å². The molecule has 0 radical (unpaired) electrons. The zero-order chi connectivity index (χ0) is 18.7. The summed E-state index contributed by atoms with van der Waals surface area (Å²) in [5.74, 6) is 0.729. The number of aryl methyl sites for hydroxylation is 2. The van der Waals surface area contributed by atoms with E-state index < -0.39 is 6.10 Å². The predicted octanol–water partition coefficient (Wildman–Crippen LogP) is 0.931. The van der Waals surface area contributed by atoms with Gasteiger partial charge in [-0.2, -0.15) is 0 Å². The van der Waals surface area contributed by atoms with Crippen molar-refractivity contribution in [2.45, 2.75) is 33.4 Å². The Hall–Kier alpha value is -2.81. The van der Waals surface area contributed by atoms with Crippen molar-refractivity contribution in [3.63, 3.8) is 0 Å². The van der Waals surface area contributed by atoms with Crippen LogP contribution in [-0.2, 0) is 16.1 Å². The van der Waals surface area contributed by atoms with E-state index in [2.05, 4.69) is 20.4 Å². The summed E-state index contributed by atoms with van der Waals surface area (Å²) in [5, 5.41) is 6.54. The minimum Gasteiger partial charge on any atom is -0.367 e. The van der Waals surface area contributed by atoms with E-state index in [-0.39, 0.29) is 11.8 Å². The van der Waals surface area contributed by atoms with Crippen LogP contribution < -0.4 is 5.32 Å². The van der Waals surface area contributed by atoms with E-state index in [1.54, 1.807) is 31.0 Å². The fourth-order valence-corrected chi connectivity index (χ4v) is 2.82. The van der Waals surface area contributed by atoms with Crippen LogP contribution in [0, 0.1) is 13.8 Å². The van der Waals surface area contributed by atoms with Crippen LogP contribution >= 0.6 is 0 Å². The average molecular weight is 359 g/mol. The van der Waals surface area contributed by atoms with Gasteiger partial charge in [-0.3, -0.25) is 9.59 Å². The third-order valence-electron chi connectivity index (χ3n) is 4.14. The van der Waals surface area contributed by atoms with E-state index in [0.29, 0.717) is 54.8 Å². The molecule has 3 rings (SSSR count). The smallest absolute Gasteiger partial charge is 0.259 e. The third-order valence-corrected chi connectivity index (χ3v) is 4.14. The largest absolute Gasteiger partial charge is 0.367 e. The van der Waals surface area contributed by atoms with E-state index in [9.17, 15) is 9.59 Å². The molecule has 2 aromatic rings. The van der Waals surface area contributed by atoms with Crippen molar-refractivity contribution in [2.75, 3.05) is 19.7 Å². The van der Waals surface area contributed by atoms with Crippen LogP contribution in [0.25, 0.3) is 0 Å². The second-order valence-corrected chi connectivity index (χ2v) is 6.13. The number of carbonyl (C=O) groups excluding carboxylic acids is 2. The molecule has 138 valence electrons. The number of ether oxygens (including phenoxy) is 1. The van der Waals surface area contributed by atoms with Crippen molar-refractivity contribution in [1.29, 1.82) is 0 Å². The van der Waals surface area contributed by atoms with Gasteiger partial charge in [0.1, 0.15) is 17.4 Å². The van der Waals surface area contributed by atoms with Crippen LogP contribution in [0.5, 0.6) is 0 Å². The molecule has 1 N–H and O–H groups in total. The number of nitrogens with zero attached hydrogens (tertiary/aromatic N) is 4. The molecule has 9 nitrogen and oxygen atoms in total. The van der Waals surface area contributed by atoms with Crippen LogP contribution in [0.1, 0.15) is 46.4 Å². The lowest BCUT2D eigenvalue weighted by Gasteiger charge is -2.32. The lowest BCUT2D eigenvalue weighted by Crippen LogP contribution is -2.43. The molecule has 1 atom stereocenters. The summed E-state index contributed by atoms with van der Waals surface area (Å²) >= 11 is 0. The monoisotopic (exact) mass is 359 g/mol. The summed E-state index contributed by atoms with van der Waals surface area (Å²) in [6.07, 6.45) is 1.20. The number of rotatable bonds is 4. The molecule has 0 aliphatic carbocycles. The number of morpholine rings is 1. The Labute approximate surface area is 150 Å². The predicted molar refractivity (Wildman–Crippen MR) is 90.1 cm³/mol. The molecule has 1 unspecified atom stereocenters. The highest BCUT2D eigenvalue weighted by molar-refractivity contribution is 5.96. The Morgan fingerprint density at radius 3 is 2.88 bits per heavy atom. The van der Waals surface area contributed by atoms with Gasteiger partial charge in [-0.05, 0) is 19.9 Å². The first kappa shape index (κ1) is 18.0. The molecule has 26 heavy (non-hydrogen) atoms. The Bertz CT molecular complexity index is 800. The fraction of sp³-hybridized carbons (Fsp3) is 0.471. The molecule has 3 heterocycles. The SMILES string of the molecule is CC(=O)NCc1ccnc(C2CN(C(=O)c3c(C)noc3C)CCO2)n1. The molecule has 1 aliphatic heterocycles. The molecule has 9 heteroatoms. The van der Waals surface area contributed by atoms with Gasteiger partial charge >= 0.3 is 0 Å². The zero-order valence-electron chi connectivity index (χ0n) is 15.0. The molecular weight excluding hydrogens is 338 g/mol. The molecular formula is C17H21N5O4. The minimum absolute atomic E-state index is 0.129. The normalized spacial score (nSPS) is 17.2. The van der Waals surface area contributed by atoms with Gasteiger partial charge in [0, 0.05) is 19.7 Å². The number of hydrogen-bond acceptors (Lipinski definition) is 7. The number of hydrogen-bond donors (Lipinski definition) is 1. The molecule has 0 bridgehead atoms. The fourth-order valence-electron chi connectivity index (χ4n) is 2.82. The second-order valence-electron chi connectivity index (χ2n) is 6.13. The first-order chi connectivity index (χ1) is 12.5. The van der Waals surface area contributed by atoms with Crippen LogP contribution in [0.2, 0.25) is 0 Å². The molecule has 1 aliphatic rings. The molecule has 1 fully saturated rings. The van der Waals surface area contributed by atoms with Gasteiger partial charge in [0.25, 0.3) is 5.91 Å². The first-order valence-corrected chi connectivity index (χ1v) is 8.35. The second kappa shape index (κ2) is 7.61. The maximum atomic E-state index is 12.8. The number of amides is 2. The molecule has 0 saturated carbocycles. The topological polar surface area (TPSA) is 110 Å². The standard InChI is InChI=1S/C17H21N5O4/c1-10-15(11(2)26-21-10)17(24)22-6-7-25-14(9-22)16-18-5-4-13(20-16)8-19-12(3)23/h4-5,14H,6-9H2,1-3H3,(H,19,23). The van der Waals surface area contributed by atoms with Crippen LogP contribution in [-0.4, -0.2) is 51.5 Å². The third kappa shape index (κ3) is 3.88. The minimum atomic E-state index is -0.426. The highest BCUT2D eigenvalue weighted by Gasteiger charge is 2.30. The first-order valence-electron chi connectivity index (χ1n) is 8.35. The van der Waals surface area contributed by atoms with Gasteiger partial charge in [-0.25, -0.2) is 9.97 Å². The summed E-state index contributed by atoms with van der Waals surface area (Å²) in [4.78, 5) is 34.3. The van der Waals surface area contributed by atoms with E-state index >= 15 is 0 Å².